The first kappa shape index (κ1) is 16.1. The number of carbonyl (C=O) groups is 1. The van der Waals surface area contributed by atoms with Gasteiger partial charge in [0.25, 0.3) is 11.9 Å². The molecule has 2 saturated carbocycles. The van der Waals surface area contributed by atoms with Crippen LogP contribution in [-0.4, -0.2) is 39.7 Å². The fourth-order valence-electron chi connectivity index (χ4n) is 4.30. The molecule has 2 heterocycles. The number of aromatic amines is 1. The van der Waals surface area contributed by atoms with Gasteiger partial charge in [-0.2, -0.15) is 5.21 Å². The molecule has 0 saturated heterocycles. The van der Waals surface area contributed by atoms with Crippen molar-refractivity contribution in [1.29, 1.82) is 0 Å². The highest BCUT2D eigenvalue weighted by molar-refractivity contribution is 6.07. The lowest BCUT2D eigenvalue weighted by Crippen LogP contribution is -2.24. The van der Waals surface area contributed by atoms with Gasteiger partial charge in [-0.05, 0) is 60.9 Å². The van der Waals surface area contributed by atoms with Crippen molar-refractivity contribution < 1.29 is 18.7 Å². The maximum atomic E-state index is 12.8. The van der Waals surface area contributed by atoms with Crippen molar-refractivity contribution in [2.45, 2.75) is 31.8 Å². The second kappa shape index (κ2) is 6.26. The number of nitrogens with one attached hydrogen (secondary N) is 2. The quantitative estimate of drug-likeness (QED) is 0.710. The molecule has 0 spiro atoms. The smallest absolute Gasteiger partial charge is 0.297 e. The van der Waals surface area contributed by atoms with E-state index in [2.05, 4.69) is 25.9 Å². The minimum atomic E-state index is -0.482. The Labute approximate surface area is 154 Å². The summed E-state index contributed by atoms with van der Waals surface area (Å²) in [5.74, 6) is 2.08. The Morgan fingerprint density at radius 3 is 2.96 bits per heavy atom. The van der Waals surface area contributed by atoms with E-state index in [9.17, 15) is 4.79 Å². The van der Waals surface area contributed by atoms with Crippen LogP contribution in [0.3, 0.4) is 0 Å². The van der Waals surface area contributed by atoms with Crippen LogP contribution in [0.4, 0.5) is 5.95 Å². The van der Waals surface area contributed by atoms with E-state index in [0.717, 1.165) is 17.7 Å². The lowest BCUT2D eigenvalue weighted by atomic mass is 9.97. The number of hydrogen-bond donors (Lipinski definition) is 2. The molecule has 140 valence electrons. The van der Waals surface area contributed by atoms with Crippen LogP contribution in [0.2, 0.25) is 0 Å². The lowest BCUT2D eigenvalue weighted by molar-refractivity contribution is 0.0975. The summed E-state index contributed by atoms with van der Waals surface area (Å²) in [5, 5.41) is 16.5. The van der Waals surface area contributed by atoms with Crippen molar-refractivity contribution in [2.75, 3.05) is 12.4 Å². The second-order valence-electron chi connectivity index (χ2n) is 7.14. The normalized spacial score (nSPS) is 23.7. The number of benzene rings is 1. The Hall–Kier alpha value is -3.10. The van der Waals surface area contributed by atoms with Gasteiger partial charge >= 0.3 is 0 Å². The van der Waals surface area contributed by atoms with Crippen molar-refractivity contribution in [1.82, 2.24) is 20.6 Å². The molecular formula is C18H19N5O4. The van der Waals surface area contributed by atoms with Gasteiger partial charge in [-0.3, -0.25) is 10.1 Å². The van der Waals surface area contributed by atoms with E-state index >= 15 is 0 Å². The molecule has 9 nitrogen and oxygen atoms in total. The second-order valence-corrected chi connectivity index (χ2v) is 7.14. The molecule has 3 unspecified atom stereocenters. The number of methoxy groups -OCH3 is 1. The zero-order valence-electron chi connectivity index (χ0n) is 14.8. The Kier molecular flexibility index (Phi) is 3.73. The summed E-state index contributed by atoms with van der Waals surface area (Å²) in [5.41, 5.74) is 0.562. The van der Waals surface area contributed by atoms with Gasteiger partial charge in [-0.25, -0.2) is 0 Å². The van der Waals surface area contributed by atoms with Gasteiger partial charge in [0.15, 0.2) is 5.75 Å². The van der Waals surface area contributed by atoms with Crippen LogP contribution in [-0.2, 0) is 0 Å². The number of aromatic nitrogens is 4. The van der Waals surface area contributed by atoms with Crippen molar-refractivity contribution >= 4 is 22.8 Å². The molecule has 2 aromatic heterocycles. The summed E-state index contributed by atoms with van der Waals surface area (Å²) in [6.45, 7) is 0. The molecule has 2 aliphatic rings. The third-order valence-electron chi connectivity index (χ3n) is 5.57. The van der Waals surface area contributed by atoms with Crippen molar-refractivity contribution in [3.8, 4) is 11.5 Å². The van der Waals surface area contributed by atoms with Gasteiger partial charge in [0.2, 0.25) is 5.76 Å². The first-order valence-electron chi connectivity index (χ1n) is 9.03. The van der Waals surface area contributed by atoms with Crippen LogP contribution in [0.1, 0.15) is 36.2 Å². The highest BCUT2D eigenvalue weighted by Crippen LogP contribution is 2.47. The Morgan fingerprint density at radius 1 is 1.33 bits per heavy atom. The first-order valence-corrected chi connectivity index (χ1v) is 9.03. The zero-order valence-corrected chi connectivity index (χ0v) is 14.8. The van der Waals surface area contributed by atoms with E-state index in [0.29, 0.717) is 23.0 Å². The summed E-state index contributed by atoms with van der Waals surface area (Å²) in [6.07, 6.45) is 4.78. The largest absolute Gasteiger partial charge is 0.497 e. The number of furan rings is 1. The van der Waals surface area contributed by atoms with E-state index < -0.39 is 5.91 Å². The zero-order chi connectivity index (χ0) is 18.4. The number of rotatable bonds is 5. The Balaban J connectivity index is 1.53. The van der Waals surface area contributed by atoms with Crippen LogP contribution in [0.5, 0.6) is 11.5 Å². The molecule has 2 aliphatic carbocycles. The predicted octanol–water partition coefficient (Wildman–Crippen LogP) is 2.77. The van der Waals surface area contributed by atoms with Crippen LogP contribution in [0, 0.1) is 11.8 Å². The van der Waals surface area contributed by atoms with Gasteiger partial charge in [0.05, 0.1) is 12.5 Å². The predicted molar refractivity (Wildman–Crippen MR) is 94.8 cm³/mol. The maximum Gasteiger partial charge on any atom is 0.297 e. The molecule has 5 rings (SSSR count). The maximum absolute atomic E-state index is 12.8. The van der Waals surface area contributed by atoms with Gasteiger partial charge in [-0.1, -0.05) is 5.10 Å². The summed E-state index contributed by atoms with van der Waals surface area (Å²) < 4.78 is 17.5. The lowest BCUT2D eigenvalue weighted by Gasteiger charge is -2.23. The van der Waals surface area contributed by atoms with Crippen molar-refractivity contribution in [3.05, 3.63) is 24.0 Å². The first-order chi connectivity index (χ1) is 13.2. The number of amides is 1. The molecule has 2 fully saturated rings. The van der Waals surface area contributed by atoms with Gasteiger partial charge < -0.3 is 13.9 Å². The van der Waals surface area contributed by atoms with E-state index in [1.165, 1.54) is 19.3 Å². The average molecular weight is 369 g/mol. The highest BCUT2D eigenvalue weighted by atomic mass is 16.5. The molecule has 2 bridgehead atoms. The fraction of sp³-hybridized carbons (Fsp3) is 0.444. The number of nitrogens with zero attached hydrogens (tertiary/aromatic N) is 3. The average Bonchev–Trinajstić information content (AvgIpc) is 3.46. The minimum absolute atomic E-state index is 0.0731. The highest BCUT2D eigenvalue weighted by Gasteiger charge is 2.42. The van der Waals surface area contributed by atoms with Gasteiger partial charge in [0.1, 0.15) is 17.4 Å². The molecule has 9 heteroatoms. The topological polar surface area (TPSA) is 115 Å². The fourth-order valence-corrected chi connectivity index (χ4v) is 4.30. The number of tetrazole rings is 1. The van der Waals surface area contributed by atoms with Gasteiger partial charge in [0, 0.05) is 0 Å². The molecule has 3 atom stereocenters. The van der Waals surface area contributed by atoms with Crippen LogP contribution < -0.4 is 14.8 Å². The standard InChI is InChI=1S/C18H19N5O4/c1-25-11-4-5-13-12(8-11)15(27-14-7-9-2-3-10(14)6-9)16(26-13)17(24)19-18-20-22-23-21-18/h4-5,8-10,14H,2-3,6-7H2,1H3,(H2,19,20,21,22,23,24). The summed E-state index contributed by atoms with van der Waals surface area (Å²) >= 11 is 0. The Bertz CT molecular complexity index is 983. The molecule has 0 radical (unpaired) electrons. The molecule has 0 aliphatic heterocycles. The van der Waals surface area contributed by atoms with E-state index in [4.69, 9.17) is 13.9 Å². The molecule has 3 aromatic rings. The molecular weight excluding hydrogens is 350 g/mol. The number of carbonyl (C=O) groups excluding carboxylic acids is 1. The number of anilines is 1. The molecule has 2 N–H and O–H groups in total. The Morgan fingerprint density at radius 2 is 2.26 bits per heavy atom. The number of H-pyrrole nitrogens is 1. The third kappa shape index (κ3) is 2.79. The van der Waals surface area contributed by atoms with E-state index in [-0.39, 0.29) is 17.8 Å². The molecule has 27 heavy (non-hydrogen) atoms. The number of hydrogen-bond acceptors (Lipinski definition) is 7. The molecule has 1 amide bonds. The number of fused-ring (bicyclic) bond motifs is 3. The molecule has 1 aromatic carbocycles. The number of ether oxygens (including phenoxy) is 2. The SMILES string of the molecule is COc1ccc2oc(C(=O)Nc3nn[nH]n3)c(OC3CC4CCC3C4)c2c1. The van der Waals surface area contributed by atoms with E-state index in [1.807, 2.05) is 6.07 Å². The third-order valence-corrected chi connectivity index (χ3v) is 5.57. The van der Waals surface area contributed by atoms with Crippen LogP contribution in [0.15, 0.2) is 22.6 Å². The minimum Gasteiger partial charge on any atom is -0.497 e. The summed E-state index contributed by atoms with van der Waals surface area (Å²) in [7, 11) is 1.60. The van der Waals surface area contributed by atoms with Gasteiger partial charge in [-0.15, -0.1) is 5.10 Å². The van der Waals surface area contributed by atoms with Crippen molar-refractivity contribution in [2.24, 2.45) is 11.8 Å². The van der Waals surface area contributed by atoms with E-state index in [1.54, 1.807) is 19.2 Å². The summed E-state index contributed by atoms with van der Waals surface area (Å²) in [6, 6.07) is 5.38. The monoisotopic (exact) mass is 369 g/mol. The summed E-state index contributed by atoms with van der Waals surface area (Å²) in [4.78, 5) is 12.8. The van der Waals surface area contributed by atoms with Crippen LogP contribution in [0.25, 0.3) is 11.0 Å². The van der Waals surface area contributed by atoms with Crippen molar-refractivity contribution in [3.63, 3.8) is 0 Å². The van der Waals surface area contributed by atoms with Crippen LogP contribution >= 0.6 is 0 Å².